The van der Waals surface area contributed by atoms with Gasteiger partial charge in [0.05, 0.1) is 5.75 Å². The van der Waals surface area contributed by atoms with Gasteiger partial charge < -0.3 is 0 Å². The predicted octanol–water partition coefficient (Wildman–Crippen LogP) is 1.32. The Labute approximate surface area is 82.8 Å². The second-order valence-electron chi connectivity index (χ2n) is 2.61. The molecule has 0 unspecified atom stereocenters. The summed E-state index contributed by atoms with van der Waals surface area (Å²) in [5, 5.41) is -0.00880. The molecule has 0 saturated heterocycles. The molecule has 6 heteroatoms. The highest BCUT2D eigenvalue weighted by Crippen LogP contribution is 2.08. The normalized spacial score (nSPS) is 11.5. The molecular weight excluding hydrogens is 212 g/mol. The fourth-order valence-electron chi connectivity index (χ4n) is 0.654. The second kappa shape index (κ2) is 6.39. The van der Waals surface area contributed by atoms with Gasteiger partial charge in [-0.1, -0.05) is 25.1 Å². The van der Waals surface area contributed by atoms with Gasteiger partial charge in [0.2, 0.25) is 0 Å². The molecule has 0 fully saturated rings. The van der Waals surface area contributed by atoms with Crippen molar-refractivity contribution in [3.8, 4) is 0 Å². The van der Waals surface area contributed by atoms with Crippen LogP contribution in [0, 0.1) is 0 Å². The minimum atomic E-state index is -3.91. The lowest BCUT2D eigenvalue weighted by Gasteiger charge is -1.97. The number of thioether (sulfide) groups is 1. The van der Waals surface area contributed by atoms with Gasteiger partial charge in [-0.2, -0.15) is 8.42 Å². The first-order valence-electron chi connectivity index (χ1n) is 4.06. The van der Waals surface area contributed by atoms with E-state index in [2.05, 4.69) is 0 Å². The lowest BCUT2D eigenvalue weighted by atomic mass is 10.3. The Balaban J connectivity index is 3.49. The predicted molar refractivity (Wildman–Crippen MR) is 53.4 cm³/mol. The fourth-order valence-corrected chi connectivity index (χ4v) is 2.35. The summed E-state index contributed by atoms with van der Waals surface area (Å²) >= 11 is 0.965. The molecule has 13 heavy (non-hydrogen) atoms. The van der Waals surface area contributed by atoms with Crippen molar-refractivity contribution in [2.24, 2.45) is 0 Å². The largest absolute Gasteiger partial charge is 0.287 e. The number of rotatable bonds is 6. The minimum Gasteiger partial charge on any atom is -0.287 e. The zero-order valence-electron chi connectivity index (χ0n) is 7.52. The van der Waals surface area contributed by atoms with E-state index in [0.717, 1.165) is 24.6 Å². The van der Waals surface area contributed by atoms with Crippen molar-refractivity contribution in [1.29, 1.82) is 0 Å². The lowest BCUT2D eigenvalue weighted by molar-refractivity contribution is -0.111. The van der Waals surface area contributed by atoms with Gasteiger partial charge in [0, 0.05) is 12.2 Å². The van der Waals surface area contributed by atoms with Gasteiger partial charge in [-0.3, -0.25) is 9.35 Å². The Morgan fingerprint density at radius 3 is 2.54 bits per heavy atom. The molecule has 0 atom stereocenters. The summed E-state index contributed by atoms with van der Waals surface area (Å²) in [7, 11) is -3.91. The van der Waals surface area contributed by atoms with E-state index in [1.54, 1.807) is 0 Å². The fraction of sp³-hybridized carbons (Fsp3) is 0.857. The molecule has 0 aromatic carbocycles. The van der Waals surface area contributed by atoms with E-state index in [1.807, 2.05) is 6.92 Å². The number of carbonyl (C=O) groups excluding carboxylic acids is 1. The molecule has 0 radical (unpaired) electrons. The van der Waals surface area contributed by atoms with Crippen LogP contribution < -0.4 is 0 Å². The van der Waals surface area contributed by atoms with Crippen LogP contribution in [-0.4, -0.2) is 29.6 Å². The van der Waals surface area contributed by atoms with Gasteiger partial charge >= 0.3 is 0 Å². The molecule has 4 nitrogen and oxygen atoms in total. The van der Waals surface area contributed by atoms with Crippen LogP contribution in [0.5, 0.6) is 0 Å². The van der Waals surface area contributed by atoms with E-state index in [4.69, 9.17) is 4.55 Å². The van der Waals surface area contributed by atoms with Crippen molar-refractivity contribution < 1.29 is 17.8 Å². The van der Waals surface area contributed by atoms with Crippen molar-refractivity contribution in [1.82, 2.24) is 0 Å². The summed E-state index contributed by atoms with van der Waals surface area (Å²) in [5.41, 5.74) is 0. The lowest BCUT2D eigenvalue weighted by Crippen LogP contribution is -2.07. The van der Waals surface area contributed by atoms with Gasteiger partial charge in [0.15, 0.2) is 5.12 Å². The number of hydrogen-bond donors (Lipinski definition) is 1. The maximum Gasteiger partial charge on any atom is 0.265 e. The summed E-state index contributed by atoms with van der Waals surface area (Å²) < 4.78 is 28.9. The standard InChI is InChI=1S/C7H14O4S2/c1-2-3-4-7(8)12-5-6-13(9,10)11/h2-6H2,1H3,(H,9,10,11). The molecule has 1 N–H and O–H groups in total. The average molecular weight is 226 g/mol. The topological polar surface area (TPSA) is 71.4 Å². The molecule has 78 valence electrons. The Bertz CT molecular complexity index is 245. The van der Waals surface area contributed by atoms with Crippen LogP contribution in [0.25, 0.3) is 0 Å². The smallest absolute Gasteiger partial charge is 0.265 e. The Morgan fingerprint density at radius 2 is 2.08 bits per heavy atom. The van der Waals surface area contributed by atoms with Gasteiger partial charge in [-0.25, -0.2) is 0 Å². The van der Waals surface area contributed by atoms with Crippen LogP contribution in [0.2, 0.25) is 0 Å². The molecule has 0 rings (SSSR count). The third-order valence-corrected chi connectivity index (χ3v) is 3.25. The van der Waals surface area contributed by atoms with E-state index in [1.165, 1.54) is 0 Å². The molecule has 0 aromatic heterocycles. The maximum absolute atomic E-state index is 11.0. The second-order valence-corrected chi connectivity index (χ2v) is 5.33. The van der Waals surface area contributed by atoms with Crippen molar-refractivity contribution in [2.75, 3.05) is 11.5 Å². The molecular formula is C7H14O4S2. The van der Waals surface area contributed by atoms with Gasteiger partial charge in [-0.15, -0.1) is 0 Å². The molecule has 0 aliphatic carbocycles. The Morgan fingerprint density at radius 1 is 1.46 bits per heavy atom. The number of unbranched alkanes of at least 4 members (excludes halogenated alkanes) is 1. The monoisotopic (exact) mass is 226 g/mol. The van der Waals surface area contributed by atoms with Crippen molar-refractivity contribution in [3.05, 3.63) is 0 Å². The van der Waals surface area contributed by atoms with Crippen LogP contribution in [0.1, 0.15) is 26.2 Å². The first-order valence-corrected chi connectivity index (χ1v) is 6.66. The first kappa shape index (κ1) is 12.9. The van der Waals surface area contributed by atoms with Crippen LogP contribution in [-0.2, 0) is 14.9 Å². The summed E-state index contributed by atoms with van der Waals surface area (Å²) in [6.07, 6.45) is 2.26. The van der Waals surface area contributed by atoms with Crippen LogP contribution in [0.15, 0.2) is 0 Å². The van der Waals surface area contributed by atoms with Crippen molar-refractivity contribution in [2.45, 2.75) is 26.2 Å². The highest BCUT2D eigenvalue weighted by atomic mass is 32.2. The van der Waals surface area contributed by atoms with E-state index in [9.17, 15) is 13.2 Å². The zero-order chi connectivity index (χ0) is 10.3. The van der Waals surface area contributed by atoms with E-state index in [-0.39, 0.29) is 16.6 Å². The summed E-state index contributed by atoms with van der Waals surface area (Å²) in [4.78, 5) is 11.0. The molecule has 0 spiro atoms. The van der Waals surface area contributed by atoms with E-state index in [0.29, 0.717) is 6.42 Å². The van der Waals surface area contributed by atoms with E-state index >= 15 is 0 Å². The molecule has 0 amide bonds. The van der Waals surface area contributed by atoms with Gasteiger partial charge in [0.25, 0.3) is 10.1 Å². The summed E-state index contributed by atoms with van der Waals surface area (Å²) in [6, 6.07) is 0. The molecule has 0 heterocycles. The quantitative estimate of drug-likeness (QED) is 0.692. The van der Waals surface area contributed by atoms with Crippen molar-refractivity contribution in [3.63, 3.8) is 0 Å². The van der Waals surface area contributed by atoms with Crippen LogP contribution >= 0.6 is 11.8 Å². The summed E-state index contributed by atoms with van der Waals surface area (Å²) in [6.45, 7) is 1.98. The average Bonchev–Trinajstić information content (AvgIpc) is 1.98. The highest BCUT2D eigenvalue weighted by molar-refractivity contribution is 8.14. The number of hydrogen-bond acceptors (Lipinski definition) is 4. The van der Waals surface area contributed by atoms with E-state index < -0.39 is 10.1 Å². The molecule has 0 bridgehead atoms. The van der Waals surface area contributed by atoms with Crippen molar-refractivity contribution >= 4 is 27.0 Å². The first-order chi connectivity index (χ1) is 5.95. The molecule has 0 aromatic rings. The zero-order valence-corrected chi connectivity index (χ0v) is 9.16. The van der Waals surface area contributed by atoms with Crippen LogP contribution in [0.3, 0.4) is 0 Å². The third-order valence-electron chi connectivity index (χ3n) is 1.34. The van der Waals surface area contributed by atoms with Crippen LogP contribution in [0.4, 0.5) is 0 Å². The molecule has 0 aliphatic rings. The summed E-state index contributed by atoms with van der Waals surface area (Å²) in [5.74, 6) is -0.211. The SMILES string of the molecule is CCCCC(=O)SCCS(=O)(=O)O. The maximum atomic E-state index is 11.0. The Kier molecular flexibility index (Phi) is 6.36. The van der Waals surface area contributed by atoms with Gasteiger partial charge in [-0.05, 0) is 6.42 Å². The van der Waals surface area contributed by atoms with Gasteiger partial charge in [0.1, 0.15) is 0 Å². The highest BCUT2D eigenvalue weighted by Gasteiger charge is 2.07. The number of carbonyl (C=O) groups is 1. The minimum absolute atomic E-state index is 0.00880. The molecule has 0 aliphatic heterocycles. The Hall–Kier alpha value is -0.0700. The molecule has 0 saturated carbocycles. The third kappa shape index (κ3) is 9.85.